The molecule has 3 heterocycles. The number of aryl methyl sites for hydroxylation is 1. The van der Waals surface area contributed by atoms with Crippen LogP contribution >= 0.6 is 0 Å². The molecule has 128 valence electrons. The molecule has 2 aliphatic rings. The molecule has 0 atom stereocenters. The summed E-state index contributed by atoms with van der Waals surface area (Å²) >= 11 is 0. The number of pyridine rings is 1. The molecule has 8 nitrogen and oxygen atoms in total. The molecule has 0 aromatic carbocycles. The second-order valence-electron chi connectivity index (χ2n) is 6.52. The lowest BCUT2D eigenvalue weighted by molar-refractivity contribution is -0.125. The summed E-state index contributed by atoms with van der Waals surface area (Å²) in [5, 5.41) is 2.79. The zero-order valence-corrected chi connectivity index (χ0v) is 14.0. The van der Waals surface area contributed by atoms with E-state index in [2.05, 4.69) is 15.3 Å². The summed E-state index contributed by atoms with van der Waals surface area (Å²) in [6, 6.07) is 2.98. The third kappa shape index (κ3) is 2.79. The van der Waals surface area contributed by atoms with Gasteiger partial charge in [-0.2, -0.15) is 0 Å². The first-order valence-electron chi connectivity index (χ1n) is 7.90. The lowest BCUT2D eigenvalue weighted by Crippen LogP contribution is -2.50. The highest BCUT2D eigenvalue weighted by Gasteiger charge is 2.46. The van der Waals surface area contributed by atoms with E-state index in [-0.39, 0.29) is 17.4 Å². The van der Waals surface area contributed by atoms with Crippen LogP contribution in [0.5, 0.6) is 0 Å². The number of carbonyl (C=O) groups is 2. The van der Waals surface area contributed by atoms with Gasteiger partial charge >= 0.3 is 0 Å². The highest BCUT2D eigenvalue weighted by molar-refractivity contribution is 6.07. The number of H-pyrrole nitrogens is 1. The number of hydrogen-bond acceptors (Lipinski definition) is 5. The number of likely N-dealkylation sites (tertiary alicyclic amines) is 1. The molecule has 0 saturated carbocycles. The Kier molecular flexibility index (Phi) is 3.90. The number of amides is 2. The topological polar surface area (TPSA) is 97.9 Å². The summed E-state index contributed by atoms with van der Waals surface area (Å²) in [6.07, 6.45) is 0.953. The Morgan fingerprint density at radius 2 is 1.92 bits per heavy atom. The minimum absolute atomic E-state index is 0.106. The van der Waals surface area contributed by atoms with Gasteiger partial charge in [0.2, 0.25) is 11.5 Å². The van der Waals surface area contributed by atoms with Crippen LogP contribution in [-0.4, -0.2) is 65.3 Å². The van der Waals surface area contributed by atoms with Gasteiger partial charge in [-0.25, -0.2) is 4.99 Å². The zero-order valence-electron chi connectivity index (χ0n) is 14.0. The van der Waals surface area contributed by atoms with Crippen LogP contribution in [0.3, 0.4) is 0 Å². The van der Waals surface area contributed by atoms with E-state index in [9.17, 15) is 14.4 Å². The van der Waals surface area contributed by atoms with Crippen molar-refractivity contribution < 1.29 is 9.59 Å². The van der Waals surface area contributed by atoms with Crippen LogP contribution in [0.1, 0.15) is 28.9 Å². The number of aromatic amines is 1. The Morgan fingerprint density at radius 1 is 1.25 bits per heavy atom. The first-order chi connectivity index (χ1) is 11.3. The summed E-state index contributed by atoms with van der Waals surface area (Å²) in [5.74, 6) is 0.268. The van der Waals surface area contributed by atoms with Gasteiger partial charge in [-0.15, -0.1) is 0 Å². The number of carbonyl (C=O) groups excluding carboxylic acids is 2. The van der Waals surface area contributed by atoms with Crippen LogP contribution in [0.15, 0.2) is 21.9 Å². The highest BCUT2D eigenvalue weighted by atomic mass is 16.2. The monoisotopic (exact) mass is 331 g/mol. The molecule has 0 unspecified atom stereocenters. The number of aliphatic imine (C=N–C) groups is 1. The van der Waals surface area contributed by atoms with Crippen molar-refractivity contribution in [2.45, 2.75) is 25.3 Å². The Morgan fingerprint density at radius 3 is 2.46 bits per heavy atom. The maximum Gasteiger partial charge on any atom is 0.254 e. The average molecular weight is 331 g/mol. The lowest BCUT2D eigenvalue weighted by Gasteiger charge is -2.35. The fourth-order valence-electron chi connectivity index (χ4n) is 3.12. The molecule has 0 aliphatic carbocycles. The van der Waals surface area contributed by atoms with Gasteiger partial charge in [-0.1, -0.05) is 0 Å². The second-order valence-corrected chi connectivity index (χ2v) is 6.52. The maximum atomic E-state index is 12.6. The van der Waals surface area contributed by atoms with Gasteiger partial charge in [0.1, 0.15) is 5.54 Å². The molecule has 3 rings (SSSR count). The van der Waals surface area contributed by atoms with Crippen LogP contribution in [0, 0.1) is 6.92 Å². The number of nitrogens with zero attached hydrogens (tertiary/aromatic N) is 3. The fourth-order valence-corrected chi connectivity index (χ4v) is 3.12. The highest BCUT2D eigenvalue weighted by Crippen LogP contribution is 2.30. The van der Waals surface area contributed by atoms with Gasteiger partial charge < -0.3 is 14.8 Å². The van der Waals surface area contributed by atoms with E-state index in [0.29, 0.717) is 43.1 Å². The SMILES string of the molecule is Cc1cc(C(=O)N2CCC3(CC2)N=C(N(C)C)NC3=O)cc(=O)[nH]1. The van der Waals surface area contributed by atoms with Gasteiger partial charge in [0.25, 0.3) is 11.8 Å². The van der Waals surface area contributed by atoms with Crippen LogP contribution in [0.25, 0.3) is 0 Å². The first kappa shape index (κ1) is 16.2. The van der Waals surface area contributed by atoms with E-state index in [4.69, 9.17) is 0 Å². The number of rotatable bonds is 1. The van der Waals surface area contributed by atoms with Crippen molar-refractivity contribution in [2.75, 3.05) is 27.2 Å². The van der Waals surface area contributed by atoms with Crippen LogP contribution < -0.4 is 10.9 Å². The largest absolute Gasteiger partial charge is 0.349 e. The molecule has 1 aromatic rings. The van der Waals surface area contributed by atoms with Gasteiger partial charge in [0, 0.05) is 44.5 Å². The van der Waals surface area contributed by atoms with Crippen molar-refractivity contribution in [3.8, 4) is 0 Å². The zero-order chi connectivity index (χ0) is 17.5. The van der Waals surface area contributed by atoms with Crippen molar-refractivity contribution >= 4 is 17.8 Å². The standard InChI is InChI=1S/C16H21N5O3/c1-10-8-11(9-12(22)17-10)13(23)21-6-4-16(5-7-21)14(24)18-15(19-16)20(2)3/h8-9H,4-7H2,1-3H3,(H,17,22)(H,18,19,24). The van der Waals surface area contributed by atoms with E-state index < -0.39 is 5.54 Å². The smallest absolute Gasteiger partial charge is 0.254 e. The summed E-state index contributed by atoms with van der Waals surface area (Å²) < 4.78 is 0. The molecule has 2 N–H and O–H groups in total. The molecule has 2 amide bonds. The molecule has 1 fully saturated rings. The summed E-state index contributed by atoms with van der Waals surface area (Å²) in [4.78, 5) is 47.0. The second kappa shape index (κ2) is 5.77. The van der Waals surface area contributed by atoms with Crippen molar-refractivity contribution in [3.05, 3.63) is 33.7 Å². The molecular formula is C16H21N5O3. The number of nitrogens with one attached hydrogen (secondary N) is 2. The predicted molar refractivity (Wildman–Crippen MR) is 88.9 cm³/mol. The normalized spacial score (nSPS) is 19.2. The Labute approximate surface area is 139 Å². The summed E-state index contributed by atoms with van der Waals surface area (Å²) in [5.41, 5.74) is -0.0435. The van der Waals surface area contributed by atoms with Crippen molar-refractivity contribution in [2.24, 2.45) is 4.99 Å². The van der Waals surface area contributed by atoms with Crippen LogP contribution in [0.4, 0.5) is 0 Å². The number of piperidine rings is 1. The van der Waals surface area contributed by atoms with E-state index in [0.717, 1.165) is 0 Å². The molecule has 0 bridgehead atoms. The van der Waals surface area contributed by atoms with Crippen LogP contribution in [0.2, 0.25) is 0 Å². The average Bonchev–Trinajstić information content (AvgIpc) is 2.83. The molecule has 24 heavy (non-hydrogen) atoms. The number of guanidine groups is 1. The number of hydrogen-bond donors (Lipinski definition) is 2. The molecule has 8 heteroatoms. The Hall–Kier alpha value is -2.64. The molecule has 1 spiro atoms. The quantitative estimate of drug-likeness (QED) is 0.738. The van der Waals surface area contributed by atoms with Gasteiger partial charge in [-0.05, 0) is 25.8 Å². The lowest BCUT2D eigenvalue weighted by atomic mass is 9.88. The van der Waals surface area contributed by atoms with E-state index in [1.54, 1.807) is 22.8 Å². The molecule has 1 saturated heterocycles. The molecular weight excluding hydrogens is 310 g/mol. The van der Waals surface area contributed by atoms with E-state index in [1.165, 1.54) is 6.07 Å². The maximum absolute atomic E-state index is 12.6. The van der Waals surface area contributed by atoms with Crippen molar-refractivity contribution in [1.29, 1.82) is 0 Å². The minimum atomic E-state index is -0.777. The first-order valence-corrected chi connectivity index (χ1v) is 7.90. The predicted octanol–water partition coefficient (Wildman–Crippen LogP) is -0.294. The molecule has 0 radical (unpaired) electrons. The van der Waals surface area contributed by atoms with Gasteiger partial charge in [0.15, 0.2) is 0 Å². The third-order valence-corrected chi connectivity index (χ3v) is 4.50. The molecule has 1 aromatic heterocycles. The van der Waals surface area contributed by atoms with Crippen LogP contribution in [-0.2, 0) is 4.79 Å². The van der Waals surface area contributed by atoms with Gasteiger partial charge in [0.05, 0.1) is 0 Å². The summed E-state index contributed by atoms with van der Waals surface area (Å²) in [6.45, 7) is 2.61. The Bertz CT molecular complexity index is 772. The van der Waals surface area contributed by atoms with E-state index in [1.807, 2.05) is 14.1 Å². The fraction of sp³-hybridized carbons (Fsp3) is 0.500. The van der Waals surface area contributed by atoms with E-state index >= 15 is 0 Å². The minimum Gasteiger partial charge on any atom is -0.349 e. The summed E-state index contributed by atoms with van der Waals surface area (Å²) in [7, 11) is 3.65. The number of aromatic nitrogens is 1. The molecule has 2 aliphatic heterocycles. The van der Waals surface area contributed by atoms with Crippen molar-refractivity contribution in [3.63, 3.8) is 0 Å². The van der Waals surface area contributed by atoms with Crippen molar-refractivity contribution in [1.82, 2.24) is 20.1 Å². The third-order valence-electron chi connectivity index (χ3n) is 4.50. The Balaban J connectivity index is 1.74. The van der Waals surface area contributed by atoms with Gasteiger partial charge in [-0.3, -0.25) is 19.7 Å².